The van der Waals surface area contributed by atoms with Crippen molar-refractivity contribution in [2.75, 3.05) is 0 Å². The lowest BCUT2D eigenvalue weighted by Gasteiger charge is -2.06. The molecule has 2 nitrogen and oxygen atoms in total. The van der Waals surface area contributed by atoms with Crippen molar-refractivity contribution in [1.82, 2.24) is 4.57 Å². The van der Waals surface area contributed by atoms with Crippen molar-refractivity contribution in [3.05, 3.63) is 95.1 Å². The first-order valence-electron chi connectivity index (χ1n) is 7.64. The Kier molecular flexibility index (Phi) is 4.58. The van der Waals surface area contributed by atoms with Crippen molar-refractivity contribution in [3.63, 3.8) is 0 Å². The first kappa shape index (κ1) is 15.8. The van der Waals surface area contributed by atoms with Gasteiger partial charge < -0.3 is 4.57 Å². The van der Waals surface area contributed by atoms with E-state index in [-0.39, 0.29) is 11.6 Å². The van der Waals surface area contributed by atoms with Crippen LogP contribution < -0.4 is 0 Å². The summed E-state index contributed by atoms with van der Waals surface area (Å²) in [6.07, 6.45) is 1.86. The lowest BCUT2D eigenvalue weighted by Crippen LogP contribution is -2.06. The van der Waals surface area contributed by atoms with Gasteiger partial charge in [-0.05, 0) is 35.9 Å². The third kappa shape index (κ3) is 3.80. The van der Waals surface area contributed by atoms with E-state index in [1.165, 1.54) is 19.1 Å². The molecule has 3 rings (SSSR count). The number of aromatic nitrogens is 1. The van der Waals surface area contributed by atoms with E-state index in [0.29, 0.717) is 12.2 Å². The molecule has 0 amide bonds. The fourth-order valence-electron chi connectivity index (χ4n) is 2.46. The fourth-order valence-corrected chi connectivity index (χ4v) is 2.46. The van der Waals surface area contributed by atoms with Crippen LogP contribution in [0.2, 0.25) is 0 Å². The van der Waals surface area contributed by atoms with E-state index in [1.807, 2.05) is 41.1 Å². The van der Waals surface area contributed by atoms with Crippen molar-refractivity contribution in [2.24, 2.45) is 0 Å². The minimum Gasteiger partial charge on any atom is -0.339 e. The predicted molar refractivity (Wildman–Crippen MR) is 92.4 cm³/mol. The summed E-state index contributed by atoms with van der Waals surface area (Å²) in [5.41, 5.74) is 3.23. The molecule has 0 saturated carbocycles. The molecule has 1 aromatic heterocycles. The molecular formula is C21H16FNO. The SMILES string of the molecule is CC(=O)c1cc(C#Cc2ccccc2)cn1Cc1ccc(F)cc1. The van der Waals surface area contributed by atoms with E-state index < -0.39 is 0 Å². The van der Waals surface area contributed by atoms with Crippen molar-refractivity contribution >= 4 is 5.78 Å². The van der Waals surface area contributed by atoms with Gasteiger partial charge in [0, 0.05) is 30.8 Å². The summed E-state index contributed by atoms with van der Waals surface area (Å²) in [5.74, 6) is 5.88. The molecule has 1 heterocycles. The van der Waals surface area contributed by atoms with Crippen LogP contribution in [0.25, 0.3) is 0 Å². The van der Waals surface area contributed by atoms with Gasteiger partial charge >= 0.3 is 0 Å². The van der Waals surface area contributed by atoms with Crippen LogP contribution in [0.15, 0.2) is 66.9 Å². The highest BCUT2D eigenvalue weighted by molar-refractivity contribution is 5.93. The van der Waals surface area contributed by atoms with E-state index in [9.17, 15) is 9.18 Å². The highest BCUT2D eigenvalue weighted by Crippen LogP contribution is 2.13. The molecule has 0 radical (unpaired) electrons. The lowest BCUT2D eigenvalue weighted by molar-refractivity contribution is 0.100. The minimum absolute atomic E-state index is 0.0233. The Hall–Kier alpha value is -3.12. The number of ketones is 1. The molecule has 0 fully saturated rings. The number of benzene rings is 2. The Morgan fingerprint density at radius 3 is 2.33 bits per heavy atom. The number of carbonyl (C=O) groups is 1. The predicted octanol–water partition coefficient (Wildman–Crippen LogP) is 4.28. The molecule has 0 aliphatic carbocycles. The summed E-state index contributed by atoms with van der Waals surface area (Å²) in [6.45, 7) is 2.03. The summed E-state index contributed by atoms with van der Waals surface area (Å²) in [5, 5.41) is 0. The molecule has 0 saturated heterocycles. The van der Waals surface area contributed by atoms with Gasteiger partial charge in [-0.2, -0.15) is 0 Å². The van der Waals surface area contributed by atoms with E-state index in [1.54, 1.807) is 18.2 Å². The van der Waals surface area contributed by atoms with Crippen LogP contribution in [-0.2, 0) is 6.54 Å². The molecule has 0 spiro atoms. The zero-order valence-corrected chi connectivity index (χ0v) is 13.3. The van der Waals surface area contributed by atoms with Gasteiger partial charge in [-0.1, -0.05) is 42.2 Å². The van der Waals surface area contributed by atoms with E-state index >= 15 is 0 Å². The van der Waals surface area contributed by atoms with Gasteiger partial charge in [0.15, 0.2) is 5.78 Å². The molecule has 0 bridgehead atoms. The molecule has 24 heavy (non-hydrogen) atoms. The average molecular weight is 317 g/mol. The second-order valence-corrected chi connectivity index (χ2v) is 5.54. The zero-order valence-electron chi connectivity index (χ0n) is 13.3. The summed E-state index contributed by atoms with van der Waals surface area (Å²) < 4.78 is 14.9. The van der Waals surface area contributed by atoms with Gasteiger partial charge in [-0.25, -0.2) is 4.39 Å². The monoisotopic (exact) mass is 317 g/mol. The number of Topliss-reactive ketones (excluding diaryl/α,β-unsaturated/α-hetero) is 1. The number of halogens is 1. The third-order valence-corrected chi connectivity index (χ3v) is 3.65. The van der Waals surface area contributed by atoms with Crippen molar-refractivity contribution < 1.29 is 9.18 Å². The van der Waals surface area contributed by atoms with Gasteiger partial charge in [-0.3, -0.25) is 4.79 Å². The highest BCUT2D eigenvalue weighted by atomic mass is 19.1. The minimum atomic E-state index is -0.271. The van der Waals surface area contributed by atoms with Crippen LogP contribution in [0.5, 0.6) is 0 Å². The van der Waals surface area contributed by atoms with Gasteiger partial charge in [0.05, 0.1) is 5.69 Å². The van der Waals surface area contributed by atoms with E-state index in [4.69, 9.17) is 0 Å². The molecule has 3 heteroatoms. The van der Waals surface area contributed by atoms with E-state index in [0.717, 1.165) is 16.7 Å². The molecule has 0 aliphatic heterocycles. The van der Waals surface area contributed by atoms with Crippen molar-refractivity contribution in [3.8, 4) is 11.8 Å². The second kappa shape index (κ2) is 6.97. The molecule has 0 N–H and O–H groups in total. The second-order valence-electron chi connectivity index (χ2n) is 5.54. The third-order valence-electron chi connectivity index (χ3n) is 3.65. The summed E-state index contributed by atoms with van der Waals surface area (Å²) >= 11 is 0. The van der Waals surface area contributed by atoms with Gasteiger partial charge in [0.1, 0.15) is 5.82 Å². The first-order valence-corrected chi connectivity index (χ1v) is 7.64. The molecule has 0 unspecified atom stereocenters. The fraction of sp³-hybridized carbons (Fsp3) is 0.0952. The number of hydrogen-bond donors (Lipinski definition) is 0. The summed E-state index contributed by atoms with van der Waals surface area (Å²) in [6, 6.07) is 17.8. The van der Waals surface area contributed by atoms with Gasteiger partial charge in [-0.15, -0.1) is 0 Å². The molecule has 2 aromatic carbocycles. The summed E-state index contributed by atoms with van der Waals surface area (Å²) in [4.78, 5) is 11.9. The highest BCUT2D eigenvalue weighted by Gasteiger charge is 2.09. The van der Waals surface area contributed by atoms with Crippen molar-refractivity contribution in [2.45, 2.75) is 13.5 Å². The Bertz CT molecular complexity index is 912. The van der Waals surface area contributed by atoms with Crippen LogP contribution in [-0.4, -0.2) is 10.4 Å². The normalized spacial score (nSPS) is 10.1. The Balaban J connectivity index is 1.89. The molecule has 118 valence electrons. The Morgan fingerprint density at radius 2 is 1.67 bits per heavy atom. The first-order chi connectivity index (χ1) is 11.6. The number of nitrogens with zero attached hydrogens (tertiary/aromatic N) is 1. The average Bonchev–Trinajstić information content (AvgIpc) is 2.99. The standard InChI is InChI=1S/C21H16FNO/c1-16(24)21-13-19(8-7-17-5-3-2-4-6-17)15-23(21)14-18-9-11-20(22)12-10-18/h2-6,9-13,15H,14H2,1H3. The largest absolute Gasteiger partial charge is 0.339 e. The van der Waals surface area contributed by atoms with E-state index in [2.05, 4.69) is 11.8 Å². The smallest absolute Gasteiger partial charge is 0.176 e. The molecular weight excluding hydrogens is 301 g/mol. The zero-order chi connectivity index (χ0) is 16.9. The Labute approximate surface area is 140 Å². The van der Waals surface area contributed by atoms with Crippen LogP contribution in [0.3, 0.4) is 0 Å². The number of carbonyl (C=O) groups excluding carboxylic acids is 1. The molecule has 3 aromatic rings. The van der Waals surface area contributed by atoms with Crippen LogP contribution >= 0.6 is 0 Å². The van der Waals surface area contributed by atoms with Crippen LogP contribution in [0, 0.1) is 17.7 Å². The van der Waals surface area contributed by atoms with Crippen LogP contribution in [0.1, 0.15) is 34.1 Å². The maximum Gasteiger partial charge on any atom is 0.176 e. The number of rotatable bonds is 3. The van der Waals surface area contributed by atoms with Crippen molar-refractivity contribution in [1.29, 1.82) is 0 Å². The Morgan fingerprint density at radius 1 is 1.00 bits per heavy atom. The molecule has 0 aliphatic rings. The maximum absolute atomic E-state index is 13.0. The molecule has 0 atom stereocenters. The lowest BCUT2D eigenvalue weighted by atomic mass is 10.2. The number of hydrogen-bond acceptors (Lipinski definition) is 1. The quantitative estimate of drug-likeness (QED) is 0.522. The van der Waals surface area contributed by atoms with Gasteiger partial charge in [0.25, 0.3) is 0 Å². The summed E-state index contributed by atoms with van der Waals surface area (Å²) in [7, 11) is 0. The van der Waals surface area contributed by atoms with Crippen LogP contribution in [0.4, 0.5) is 4.39 Å². The topological polar surface area (TPSA) is 22.0 Å². The maximum atomic E-state index is 13.0. The van der Waals surface area contributed by atoms with Gasteiger partial charge in [0.2, 0.25) is 0 Å².